The molecule has 0 saturated carbocycles. The lowest BCUT2D eigenvalue weighted by Crippen LogP contribution is -1.92. The summed E-state index contributed by atoms with van der Waals surface area (Å²) in [5.74, 6) is 0.616. The Balaban J connectivity index is 2.23. The smallest absolute Gasteiger partial charge is 0.154 e. The number of carbonyl (C=O) groups excluding carboxylic acids is 1. The van der Waals surface area contributed by atoms with Gasteiger partial charge in [0.1, 0.15) is 5.75 Å². The lowest BCUT2D eigenvalue weighted by molar-refractivity contribution is 0.112. The third-order valence-electron chi connectivity index (χ3n) is 3.09. The van der Waals surface area contributed by atoms with Crippen LogP contribution in [0.4, 0.5) is 0 Å². The van der Waals surface area contributed by atoms with E-state index >= 15 is 0 Å². The number of thiophene rings is 1. The maximum Gasteiger partial charge on any atom is 0.154 e. The highest BCUT2D eigenvalue weighted by molar-refractivity contribution is 7.22. The number of ether oxygens (including phenoxy) is 1. The quantitative estimate of drug-likeness (QED) is 0.658. The van der Waals surface area contributed by atoms with Gasteiger partial charge in [0.25, 0.3) is 0 Å². The molecule has 0 amide bonds. The summed E-state index contributed by atoms with van der Waals surface area (Å²) in [6, 6.07) is 16.0. The Morgan fingerprint density at radius 1 is 1.11 bits per heavy atom. The van der Waals surface area contributed by atoms with E-state index in [1.165, 1.54) is 10.1 Å². The van der Waals surface area contributed by atoms with E-state index in [1.54, 1.807) is 24.5 Å². The van der Waals surface area contributed by atoms with Crippen molar-refractivity contribution in [1.82, 2.24) is 0 Å². The topological polar surface area (TPSA) is 26.3 Å². The maximum absolute atomic E-state index is 11.3. The molecular weight excluding hydrogens is 256 g/mol. The van der Waals surface area contributed by atoms with Crippen LogP contribution >= 0.6 is 11.3 Å². The lowest BCUT2D eigenvalue weighted by atomic mass is 10.1. The molecule has 0 bridgehead atoms. The zero-order chi connectivity index (χ0) is 13.2. The second-order valence-electron chi connectivity index (χ2n) is 4.19. The number of carbonyl (C=O) groups is 1. The zero-order valence-corrected chi connectivity index (χ0v) is 11.2. The largest absolute Gasteiger partial charge is 0.496 e. The Kier molecular flexibility index (Phi) is 3.05. The molecule has 0 aliphatic heterocycles. The summed E-state index contributed by atoms with van der Waals surface area (Å²) < 4.78 is 6.47. The molecule has 19 heavy (non-hydrogen) atoms. The minimum Gasteiger partial charge on any atom is -0.496 e. The van der Waals surface area contributed by atoms with Crippen LogP contribution in [0.2, 0.25) is 0 Å². The fraction of sp³-hybridized carbons (Fsp3) is 0.0625. The van der Waals surface area contributed by atoms with E-state index in [-0.39, 0.29) is 0 Å². The van der Waals surface area contributed by atoms with Crippen LogP contribution < -0.4 is 4.74 Å². The van der Waals surface area contributed by atoms with Gasteiger partial charge in [0.2, 0.25) is 0 Å². The van der Waals surface area contributed by atoms with E-state index in [0.717, 1.165) is 16.7 Å². The first-order chi connectivity index (χ1) is 9.33. The predicted octanol–water partition coefficient (Wildman–Crippen LogP) is 4.39. The third kappa shape index (κ3) is 2.02. The van der Waals surface area contributed by atoms with Crippen molar-refractivity contribution in [3.05, 3.63) is 54.1 Å². The van der Waals surface area contributed by atoms with Crippen molar-refractivity contribution in [3.8, 4) is 16.2 Å². The fourth-order valence-corrected chi connectivity index (χ4v) is 3.28. The van der Waals surface area contributed by atoms with E-state index in [0.29, 0.717) is 11.3 Å². The van der Waals surface area contributed by atoms with E-state index in [1.807, 2.05) is 24.3 Å². The summed E-state index contributed by atoms with van der Waals surface area (Å²) in [6.07, 6.45) is 0.860. The number of benzene rings is 2. The summed E-state index contributed by atoms with van der Waals surface area (Å²) in [7, 11) is 1.58. The van der Waals surface area contributed by atoms with Gasteiger partial charge in [-0.3, -0.25) is 4.79 Å². The number of hydrogen-bond donors (Lipinski definition) is 0. The van der Waals surface area contributed by atoms with Crippen molar-refractivity contribution >= 4 is 27.7 Å². The van der Waals surface area contributed by atoms with E-state index in [2.05, 4.69) is 18.2 Å². The van der Waals surface area contributed by atoms with Crippen LogP contribution in [0.5, 0.6) is 5.75 Å². The molecule has 0 aliphatic carbocycles. The molecule has 0 aliphatic rings. The van der Waals surface area contributed by atoms with Crippen LogP contribution in [0.1, 0.15) is 10.4 Å². The molecule has 0 saturated heterocycles. The predicted molar refractivity (Wildman–Crippen MR) is 79.2 cm³/mol. The number of fused-ring (bicyclic) bond motifs is 1. The van der Waals surface area contributed by atoms with Crippen molar-refractivity contribution in [2.24, 2.45) is 0 Å². The van der Waals surface area contributed by atoms with Crippen LogP contribution in [0.3, 0.4) is 0 Å². The first kappa shape index (κ1) is 11.9. The molecule has 3 heteroatoms. The Labute approximate surface area is 115 Å². The van der Waals surface area contributed by atoms with Gasteiger partial charge in [0.05, 0.1) is 12.7 Å². The molecule has 1 heterocycles. The van der Waals surface area contributed by atoms with Crippen LogP contribution in [0.15, 0.2) is 48.5 Å². The van der Waals surface area contributed by atoms with Gasteiger partial charge in [-0.25, -0.2) is 0 Å². The normalized spacial score (nSPS) is 10.6. The molecule has 0 atom stereocenters. The first-order valence-electron chi connectivity index (χ1n) is 5.94. The van der Waals surface area contributed by atoms with Crippen LogP contribution in [-0.4, -0.2) is 13.4 Å². The van der Waals surface area contributed by atoms with Crippen LogP contribution in [-0.2, 0) is 0 Å². The summed E-state index contributed by atoms with van der Waals surface area (Å²) in [4.78, 5) is 12.4. The van der Waals surface area contributed by atoms with Crippen LogP contribution in [0.25, 0.3) is 20.5 Å². The van der Waals surface area contributed by atoms with Crippen molar-refractivity contribution in [1.29, 1.82) is 0 Å². The van der Waals surface area contributed by atoms with Crippen molar-refractivity contribution in [2.45, 2.75) is 0 Å². The summed E-state index contributed by atoms with van der Waals surface area (Å²) in [6.45, 7) is 0. The molecule has 3 aromatic rings. The molecule has 0 radical (unpaired) electrons. The fourth-order valence-electron chi connectivity index (χ4n) is 2.17. The molecule has 2 aromatic carbocycles. The Hall–Kier alpha value is -2.13. The monoisotopic (exact) mass is 268 g/mol. The molecule has 0 N–H and O–H groups in total. The highest BCUT2D eigenvalue weighted by Gasteiger charge is 2.12. The second kappa shape index (κ2) is 4.86. The van der Waals surface area contributed by atoms with Gasteiger partial charge in [-0.1, -0.05) is 30.3 Å². The molecule has 0 spiro atoms. The zero-order valence-electron chi connectivity index (χ0n) is 10.4. The first-order valence-corrected chi connectivity index (χ1v) is 6.76. The molecule has 2 nitrogen and oxygen atoms in total. The number of aldehydes is 1. The highest BCUT2D eigenvalue weighted by Crippen LogP contribution is 2.37. The van der Waals surface area contributed by atoms with Gasteiger partial charge in [-0.05, 0) is 23.6 Å². The van der Waals surface area contributed by atoms with Gasteiger partial charge in [0, 0.05) is 15.1 Å². The highest BCUT2D eigenvalue weighted by atomic mass is 32.1. The maximum atomic E-state index is 11.3. The molecule has 1 aromatic heterocycles. The van der Waals surface area contributed by atoms with Gasteiger partial charge < -0.3 is 4.74 Å². The molecule has 0 unspecified atom stereocenters. The van der Waals surface area contributed by atoms with Crippen molar-refractivity contribution < 1.29 is 9.53 Å². The average molecular weight is 268 g/mol. The molecular formula is C16H12O2S. The third-order valence-corrected chi connectivity index (χ3v) is 4.24. The molecule has 0 fully saturated rings. The second-order valence-corrected chi connectivity index (χ2v) is 5.27. The minimum absolute atomic E-state index is 0.608. The van der Waals surface area contributed by atoms with Gasteiger partial charge >= 0.3 is 0 Å². The number of rotatable bonds is 3. The average Bonchev–Trinajstić information content (AvgIpc) is 2.89. The Morgan fingerprint density at radius 2 is 1.95 bits per heavy atom. The number of hydrogen-bond acceptors (Lipinski definition) is 3. The van der Waals surface area contributed by atoms with E-state index in [4.69, 9.17) is 4.74 Å². The number of methoxy groups -OCH3 is 1. The van der Waals surface area contributed by atoms with Gasteiger partial charge in [-0.15, -0.1) is 11.3 Å². The standard InChI is InChI=1S/C16H12O2S/c1-18-14-7-4-6-12(13(14)10-17)16-9-11-5-2-3-8-15(11)19-16/h2-10H,1H3. The van der Waals surface area contributed by atoms with Crippen molar-refractivity contribution in [3.63, 3.8) is 0 Å². The molecule has 94 valence electrons. The lowest BCUT2D eigenvalue weighted by Gasteiger charge is -2.07. The summed E-state index contributed by atoms with van der Waals surface area (Å²) in [5, 5.41) is 1.20. The van der Waals surface area contributed by atoms with Crippen molar-refractivity contribution in [2.75, 3.05) is 7.11 Å². The Morgan fingerprint density at radius 3 is 2.68 bits per heavy atom. The van der Waals surface area contributed by atoms with Gasteiger partial charge in [0.15, 0.2) is 6.29 Å². The van der Waals surface area contributed by atoms with Crippen LogP contribution in [0, 0.1) is 0 Å². The van der Waals surface area contributed by atoms with E-state index < -0.39 is 0 Å². The molecule has 3 rings (SSSR count). The SMILES string of the molecule is COc1cccc(-c2cc3ccccc3s2)c1C=O. The summed E-state index contributed by atoms with van der Waals surface area (Å²) in [5.41, 5.74) is 1.53. The summed E-state index contributed by atoms with van der Waals surface area (Å²) >= 11 is 1.68. The minimum atomic E-state index is 0.608. The van der Waals surface area contributed by atoms with Gasteiger partial charge in [-0.2, -0.15) is 0 Å². The van der Waals surface area contributed by atoms with E-state index in [9.17, 15) is 4.79 Å². The Bertz CT molecular complexity index is 710.